The van der Waals surface area contributed by atoms with Crippen LogP contribution in [0, 0.1) is 0 Å². The maximum atomic E-state index is 12.9. The number of carbonyl (C=O) groups excluding carboxylic acids is 4. The van der Waals surface area contributed by atoms with Gasteiger partial charge in [0.25, 0.3) is 0 Å². The third kappa shape index (κ3) is 7.39. The van der Waals surface area contributed by atoms with Gasteiger partial charge in [0.15, 0.2) is 11.5 Å². The zero-order valence-corrected chi connectivity index (χ0v) is 22.4. The van der Waals surface area contributed by atoms with Crippen molar-refractivity contribution in [2.75, 3.05) is 13.9 Å². The van der Waals surface area contributed by atoms with Gasteiger partial charge in [0.1, 0.15) is 17.2 Å². The summed E-state index contributed by atoms with van der Waals surface area (Å²) in [5.74, 6) is -1.31. The molecule has 4 rings (SSSR count). The Balaban J connectivity index is 1.39. The predicted molar refractivity (Wildman–Crippen MR) is 151 cm³/mol. The maximum Gasteiger partial charge on any atom is 0.343 e. The van der Waals surface area contributed by atoms with Gasteiger partial charge in [0.2, 0.25) is 6.79 Å². The quantitative estimate of drug-likeness (QED) is 0.0999. The molecule has 0 amide bonds. The van der Waals surface area contributed by atoms with Crippen LogP contribution in [0.3, 0.4) is 0 Å². The lowest BCUT2D eigenvalue weighted by Crippen LogP contribution is -2.11. The molecule has 0 aliphatic heterocycles. The number of hydrogen-bond acceptors (Lipinski definition) is 10. The molecule has 0 aliphatic rings. The van der Waals surface area contributed by atoms with Gasteiger partial charge in [-0.15, -0.1) is 0 Å². The Morgan fingerprint density at radius 3 is 1.93 bits per heavy atom. The van der Waals surface area contributed by atoms with E-state index in [-0.39, 0.29) is 35.2 Å². The average Bonchev–Trinajstić information content (AvgIpc) is 3.01. The van der Waals surface area contributed by atoms with Crippen LogP contribution in [-0.2, 0) is 14.3 Å². The number of carbonyl (C=O) groups is 4. The second-order valence-electron chi connectivity index (χ2n) is 8.39. The molecule has 4 aromatic carbocycles. The van der Waals surface area contributed by atoms with E-state index >= 15 is 0 Å². The van der Waals surface area contributed by atoms with E-state index in [1.807, 2.05) is 0 Å². The van der Waals surface area contributed by atoms with Gasteiger partial charge in [-0.2, -0.15) is 0 Å². The first-order valence-corrected chi connectivity index (χ1v) is 12.3. The second-order valence-corrected chi connectivity index (χ2v) is 8.39. The summed E-state index contributed by atoms with van der Waals surface area (Å²) in [5.41, 5.74) is 0.518. The molecule has 42 heavy (non-hydrogen) atoms. The van der Waals surface area contributed by atoms with Gasteiger partial charge in [-0.25, -0.2) is 19.2 Å². The molecule has 0 saturated heterocycles. The van der Waals surface area contributed by atoms with Crippen LogP contribution in [0.5, 0.6) is 28.7 Å². The zero-order valence-electron chi connectivity index (χ0n) is 22.4. The average molecular weight is 569 g/mol. The molecular weight excluding hydrogens is 544 g/mol. The van der Waals surface area contributed by atoms with Crippen molar-refractivity contribution in [2.45, 2.75) is 0 Å². The maximum absolute atomic E-state index is 12.9. The van der Waals surface area contributed by atoms with Crippen molar-refractivity contribution in [3.63, 3.8) is 0 Å². The van der Waals surface area contributed by atoms with Gasteiger partial charge in [-0.1, -0.05) is 25.3 Å². The van der Waals surface area contributed by atoms with E-state index in [4.69, 9.17) is 28.4 Å². The fourth-order valence-corrected chi connectivity index (χ4v) is 3.59. The van der Waals surface area contributed by atoms with Gasteiger partial charge < -0.3 is 28.4 Å². The first-order chi connectivity index (χ1) is 20.3. The van der Waals surface area contributed by atoms with Crippen LogP contribution in [0.2, 0.25) is 0 Å². The Kier molecular flexibility index (Phi) is 9.31. The zero-order chi connectivity index (χ0) is 30.1. The minimum Gasteiger partial charge on any atom is -0.493 e. The summed E-state index contributed by atoms with van der Waals surface area (Å²) >= 11 is 0. The van der Waals surface area contributed by atoms with Crippen molar-refractivity contribution in [2.24, 2.45) is 0 Å². The number of rotatable bonds is 11. The lowest BCUT2D eigenvalue weighted by atomic mass is 10.1. The normalized spacial score (nSPS) is 10.2. The van der Waals surface area contributed by atoms with Crippen LogP contribution in [0.25, 0.3) is 10.8 Å². The third-order valence-corrected chi connectivity index (χ3v) is 5.66. The predicted octanol–water partition coefficient (Wildman–Crippen LogP) is 5.44. The molecule has 0 heterocycles. The topological polar surface area (TPSA) is 124 Å². The van der Waals surface area contributed by atoms with E-state index in [9.17, 15) is 19.2 Å². The highest BCUT2D eigenvalue weighted by atomic mass is 16.7. The molecule has 0 fully saturated rings. The van der Waals surface area contributed by atoms with Crippen LogP contribution in [0.4, 0.5) is 0 Å². The summed E-state index contributed by atoms with van der Waals surface area (Å²) in [6.07, 6.45) is 2.08. The van der Waals surface area contributed by atoms with Crippen molar-refractivity contribution in [1.29, 1.82) is 0 Å². The Hall–Kier alpha value is -5.90. The number of methoxy groups -OCH3 is 1. The molecular formula is C32H24O10. The largest absolute Gasteiger partial charge is 0.493 e. The van der Waals surface area contributed by atoms with Gasteiger partial charge >= 0.3 is 23.9 Å². The molecule has 4 aromatic rings. The van der Waals surface area contributed by atoms with Crippen molar-refractivity contribution in [1.82, 2.24) is 0 Å². The van der Waals surface area contributed by atoms with E-state index in [1.165, 1.54) is 49.6 Å². The fourth-order valence-electron chi connectivity index (χ4n) is 3.59. The van der Waals surface area contributed by atoms with Crippen molar-refractivity contribution >= 4 is 34.6 Å². The van der Waals surface area contributed by atoms with Crippen LogP contribution in [-0.4, -0.2) is 37.8 Å². The van der Waals surface area contributed by atoms with Gasteiger partial charge in [0, 0.05) is 18.2 Å². The number of fused-ring (bicyclic) bond motifs is 1. The van der Waals surface area contributed by atoms with E-state index < -0.39 is 23.9 Å². The molecule has 0 aliphatic carbocycles. The van der Waals surface area contributed by atoms with Crippen LogP contribution < -0.4 is 23.7 Å². The molecule has 10 nitrogen and oxygen atoms in total. The molecule has 10 heteroatoms. The Bertz CT molecular complexity index is 1670. The van der Waals surface area contributed by atoms with Crippen molar-refractivity contribution in [3.8, 4) is 28.7 Å². The number of esters is 4. The van der Waals surface area contributed by atoms with Crippen LogP contribution in [0.1, 0.15) is 20.7 Å². The fraction of sp³-hybridized carbons (Fsp3) is 0.0625. The number of hydrogen-bond donors (Lipinski definition) is 0. The number of ether oxygens (including phenoxy) is 6. The number of benzene rings is 4. The van der Waals surface area contributed by atoms with E-state index in [0.717, 1.165) is 22.9 Å². The molecule has 0 bridgehead atoms. The molecule has 0 N–H and O–H groups in total. The molecule has 0 spiro atoms. The monoisotopic (exact) mass is 568 g/mol. The smallest absolute Gasteiger partial charge is 0.343 e. The first kappa shape index (κ1) is 29.1. The third-order valence-electron chi connectivity index (χ3n) is 5.66. The van der Waals surface area contributed by atoms with Gasteiger partial charge in [-0.3, -0.25) is 0 Å². The Morgan fingerprint density at radius 2 is 1.21 bits per heavy atom. The summed E-state index contributed by atoms with van der Waals surface area (Å²) in [6.45, 7) is 6.35. The molecule has 0 atom stereocenters. The summed E-state index contributed by atoms with van der Waals surface area (Å²) in [5, 5.41) is 1.48. The summed E-state index contributed by atoms with van der Waals surface area (Å²) < 4.78 is 31.4. The summed E-state index contributed by atoms with van der Waals surface area (Å²) in [6, 6.07) is 20.2. The van der Waals surface area contributed by atoms with E-state index in [0.29, 0.717) is 11.5 Å². The molecule has 0 saturated carbocycles. The van der Waals surface area contributed by atoms with Crippen molar-refractivity contribution in [3.05, 3.63) is 115 Å². The Labute approximate surface area is 240 Å². The van der Waals surface area contributed by atoms with Crippen LogP contribution >= 0.6 is 0 Å². The standard InChI is InChI=1S/C32H24O10/c1-4-29(33)39-19-38-24-11-8-20(9-12-24)31(35)41-26-14-15-27(28(18-26)37-3)42-32(36)23-7-6-22-17-25(40-30(34)5-2)13-10-21(22)16-23/h4-18H,1-2,19H2,3H3. The second kappa shape index (κ2) is 13.4. The molecule has 0 radical (unpaired) electrons. The van der Waals surface area contributed by atoms with Crippen molar-refractivity contribution < 1.29 is 47.6 Å². The van der Waals surface area contributed by atoms with E-state index in [2.05, 4.69) is 13.2 Å². The minimum atomic E-state index is -0.648. The summed E-state index contributed by atoms with van der Waals surface area (Å²) in [4.78, 5) is 48.0. The summed E-state index contributed by atoms with van der Waals surface area (Å²) in [7, 11) is 1.39. The highest BCUT2D eigenvalue weighted by molar-refractivity contribution is 5.97. The first-order valence-electron chi connectivity index (χ1n) is 12.3. The highest BCUT2D eigenvalue weighted by Gasteiger charge is 2.16. The highest BCUT2D eigenvalue weighted by Crippen LogP contribution is 2.33. The van der Waals surface area contributed by atoms with Crippen LogP contribution in [0.15, 0.2) is 104 Å². The minimum absolute atomic E-state index is 0.118. The Morgan fingerprint density at radius 1 is 0.619 bits per heavy atom. The van der Waals surface area contributed by atoms with E-state index in [1.54, 1.807) is 36.4 Å². The lowest BCUT2D eigenvalue weighted by Gasteiger charge is -2.12. The van der Waals surface area contributed by atoms with Gasteiger partial charge in [0.05, 0.1) is 18.2 Å². The molecule has 212 valence electrons. The lowest BCUT2D eigenvalue weighted by molar-refractivity contribution is -0.144. The molecule has 0 aromatic heterocycles. The SMILES string of the molecule is C=CC(=O)OCOc1ccc(C(=O)Oc2ccc(OC(=O)c3ccc4cc(OC(=O)C=C)ccc4c3)c(OC)c2)cc1. The molecule has 0 unspecified atom stereocenters. The van der Waals surface area contributed by atoms with Gasteiger partial charge in [-0.05, 0) is 71.4 Å².